The molecule has 8 nitrogen and oxygen atoms in total. The number of imidazole rings is 1. The van der Waals surface area contributed by atoms with Crippen LogP contribution in [-0.2, 0) is 18.4 Å². The van der Waals surface area contributed by atoms with Gasteiger partial charge in [-0.2, -0.15) is 0 Å². The Kier molecular flexibility index (Phi) is 6.42. The number of likely N-dealkylation sites (tertiary alicyclic amines) is 2. The molecule has 8 heteroatoms. The smallest absolute Gasteiger partial charge is 0.289 e. The van der Waals surface area contributed by atoms with E-state index in [4.69, 9.17) is 0 Å². The highest BCUT2D eigenvalue weighted by Gasteiger charge is 2.33. The fourth-order valence-corrected chi connectivity index (χ4v) is 4.52. The molecule has 2 saturated heterocycles. The van der Waals surface area contributed by atoms with Gasteiger partial charge in [0.2, 0.25) is 5.91 Å². The summed E-state index contributed by atoms with van der Waals surface area (Å²) in [6.45, 7) is 3.78. The molecule has 0 radical (unpaired) electrons. The highest BCUT2D eigenvalue weighted by atomic mass is 16.2. The summed E-state index contributed by atoms with van der Waals surface area (Å²) in [6.07, 6.45) is 9.06. The van der Waals surface area contributed by atoms with Crippen LogP contribution in [0.1, 0.15) is 42.0 Å². The number of amides is 2. The molecule has 0 bridgehead atoms. The van der Waals surface area contributed by atoms with Gasteiger partial charge in [0.25, 0.3) is 5.91 Å². The topological polar surface area (TPSA) is 83.4 Å². The lowest BCUT2D eigenvalue weighted by Crippen LogP contribution is -2.51. The monoisotopic (exact) mass is 410 g/mol. The summed E-state index contributed by atoms with van der Waals surface area (Å²) in [4.78, 5) is 38.1. The molecule has 160 valence electrons. The van der Waals surface area contributed by atoms with Gasteiger partial charge in [-0.1, -0.05) is 6.07 Å². The van der Waals surface area contributed by atoms with Crippen molar-refractivity contribution in [3.05, 3.63) is 48.3 Å². The molecule has 2 amide bonds. The van der Waals surface area contributed by atoms with Crippen molar-refractivity contribution in [1.29, 1.82) is 0 Å². The quantitative estimate of drug-likeness (QED) is 0.807. The molecule has 0 aromatic carbocycles. The van der Waals surface area contributed by atoms with Crippen LogP contribution in [0.5, 0.6) is 0 Å². The molecule has 1 N–H and O–H groups in total. The molecule has 0 aliphatic carbocycles. The van der Waals surface area contributed by atoms with Gasteiger partial charge < -0.3 is 14.8 Å². The van der Waals surface area contributed by atoms with E-state index >= 15 is 0 Å². The Morgan fingerprint density at radius 2 is 1.93 bits per heavy atom. The largest absolute Gasteiger partial charge is 0.350 e. The molecule has 1 atom stereocenters. The Morgan fingerprint density at radius 1 is 1.10 bits per heavy atom. The number of hydrogen-bond acceptors (Lipinski definition) is 5. The lowest BCUT2D eigenvalue weighted by atomic mass is 9.93. The van der Waals surface area contributed by atoms with E-state index in [0.717, 1.165) is 57.6 Å². The van der Waals surface area contributed by atoms with Gasteiger partial charge in [0.05, 0.1) is 18.2 Å². The van der Waals surface area contributed by atoms with E-state index in [1.165, 1.54) is 0 Å². The first-order valence-corrected chi connectivity index (χ1v) is 10.8. The molecule has 0 spiro atoms. The van der Waals surface area contributed by atoms with E-state index in [1.807, 2.05) is 30.1 Å². The first-order chi connectivity index (χ1) is 14.6. The summed E-state index contributed by atoms with van der Waals surface area (Å²) < 4.78 is 1.77. The van der Waals surface area contributed by atoms with Crippen LogP contribution in [0.4, 0.5) is 0 Å². The van der Waals surface area contributed by atoms with Gasteiger partial charge in [0, 0.05) is 51.3 Å². The van der Waals surface area contributed by atoms with E-state index < -0.39 is 0 Å². The van der Waals surface area contributed by atoms with Crippen LogP contribution >= 0.6 is 0 Å². The van der Waals surface area contributed by atoms with Crippen molar-refractivity contribution in [3.8, 4) is 0 Å². The second-order valence-electron chi connectivity index (χ2n) is 8.26. The Labute approximate surface area is 177 Å². The van der Waals surface area contributed by atoms with E-state index in [1.54, 1.807) is 23.2 Å². The van der Waals surface area contributed by atoms with Crippen LogP contribution in [0.25, 0.3) is 0 Å². The molecule has 4 rings (SSSR count). The summed E-state index contributed by atoms with van der Waals surface area (Å²) in [5, 5.41) is 3.04. The van der Waals surface area contributed by atoms with Crippen molar-refractivity contribution < 1.29 is 9.59 Å². The van der Waals surface area contributed by atoms with Crippen LogP contribution in [0.3, 0.4) is 0 Å². The minimum absolute atomic E-state index is 0.00590. The van der Waals surface area contributed by atoms with E-state index in [-0.39, 0.29) is 17.7 Å². The summed E-state index contributed by atoms with van der Waals surface area (Å²) in [5.41, 5.74) is 0.878. The van der Waals surface area contributed by atoms with E-state index in [0.29, 0.717) is 18.4 Å². The first kappa shape index (κ1) is 20.5. The summed E-state index contributed by atoms with van der Waals surface area (Å²) in [7, 11) is 1.85. The number of carbonyl (C=O) groups excluding carboxylic acids is 2. The highest BCUT2D eigenvalue weighted by molar-refractivity contribution is 5.90. The normalized spacial score (nSPS) is 20.8. The third-order valence-electron chi connectivity index (χ3n) is 6.27. The molecular formula is C22H30N6O2. The third kappa shape index (κ3) is 4.70. The van der Waals surface area contributed by atoms with Gasteiger partial charge in [-0.3, -0.25) is 19.5 Å². The molecule has 0 saturated carbocycles. The second-order valence-corrected chi connectivity index (χ2v) is 8.26. The number of pyridine rings is 1. The Balaban J connectivity index is 1.26. The number of piperidine rings is 2. The van der Waals surface area contributed by atoms with Crippen molar-refractivity contribution in [2.24, 2.45) is 13.0 Å². The molecule has 4 heterocycles. The fraction of sp³-hybridized carbons (Fsp3) is 0.545. The predicted octanol–water partition coefficient (Wildman–Crippen LogP) is 1.45. The number of aryl methyl sites for hydroxylation is 1. The second kappa shape index (κ2) is 9.38. The zero-order valence-electron chi connectivity index (χ0n) is 17.5. The van der Waals surface area contributed by atoms with Crippen LogP contribution in [0.15, 0.2) is 36.8 Å². The van der Waals surface area contributed by atoms with Crippen molar-refractivity contribution in [3.63, 3.8) is 0 Å². The number of nitrogens with one attached hydrogen (secondary N) is 1. The van der Waals surface area contributed by atoms with E-state index in [9.17, 15) is 9.59 Å². The van der Waals surface area contributed by atoms with Gasteiger partial charge in [-0.25, -0.2) is 4.98 Å². The lowest BCUT2D eigenvalue weighted by Gasteiger charge is -2.41. The number of aromatic nitrogens is 3. The molecule has 30 heavy (non-hydrogen) atoms. The zero-order chi connectivity index (χ0) is 20.9. The van der Waals surface area contributed by atoms with Gasteiger partial charge in [-0.05, 0) is 44.4 Å². The molecule has 2 aromatic rings. The Bertz CT molecular complexity index is 860. The van der Waals surface area contributed by atoms with Crippen LogP contribution in [-0.4, -0.2) is 68.4 Å². The number of rotatable bonds is 5. The molecule has 2 aliphatic heterocycles. The van der Waals surface area contributed by atoms with Gasteiger partial charge in [0.1, 0.15) is 0 Å². The van der Waals surface area contributed by atoms with Crippen LogP contribution in [0, 0.1) is 5.92 Å². The Morgan fingerprint density at radius 3 is 2.63 bits per heavy atom. The Hall–Kier alpha value is -2.74. The summed E-state index contributed by atoms with van der Waals surface area (Å²) in [6, 6.07) is 6.16. The van der Waals surface area contributed by atoms with E-state index in [2.05, 4.69) is 20.2 Å². The van der Waals surface area contributed by atoms with Crippen molar-refractivity contribution in [2.45, 2.75) is 38.3 Å². The maximum Gasteiger partial charge on any atom is 0.289 e. The molecule has 2 aromatic heterocycles. The average Bonchev–Trinajstić information content (AvgIpc) is 3.23. The predicted molar refractivity (Wildman–Crippen MR) is 113 cm³/mol. The third-order valence-corrected chi connectivity index (χ3v) is 6.27. The van der Waals surface area contributed by atoms with Crippen molar-refractivity contribution in [2.75, 3.05) is 26.2 Å². The molecule has 2 aliphatic rings. The fourth-order valence-electron chi connectivity index (χ4n) is 4.52. The summed E-state index contributed by atoms with van der Waals surface area (Å²) >= 11 is 0. The van der Waals surface area contributed by atoms with Gasteiger partial charge in [-0.15, -0.1) is 0 Å². The minimum atomic E-state index is 0.00590. The van der Waals surface area contributed by atoms with Gasteiger partial charge >= 0.3 is 0 Å². The molecule has 2 fully saturated rings. The van der Waals surface area contributed by atoms with Crippen LogP contribution in [0.2, 0.25) is 0 Å². The number of hydrogen-bond donors (Lipinski definition) is 1. The zero-order valence-corrected chi connectivity index (χ0v) is 17.5. The number of carbonyl (C=O) groups is 2. The van der Waals surface area contributed by atoms with Crippen molar-refractivity contribution >= 4 is 11.8 Å². The summed E-state index contributed by atoms with van der Waals surface area (Å²) in [5.74, 6) is 0.643. The SMILES string of the molecule is Cn1ccnc1C(=O)N1CCC(N2CCCC(C(=O)NCc3ccccn3)C2)CC1. The molecule has 1 unspecified atom stereocenters. The lowest BCUT2D eigenvalue weighted by molar-refractivity contribution is -0.127. The number of nitrogens with zero attached hydrogens (tertiary/aromatic N) is 5. The average molecular weight is 411 g/mol. The minimum Gasteiger partial charge on any atom is -0.350 e. The standard InChI is InChI=1S/C22H30N6O2/c1-26-14-10-24-20(26)22(30)27-12-7-19(8-13-27)28-11-4-5-17(16-28)21(29)25-15-18-6-2-3-9-23-18/h2-3,6,9-10,14,17,19H,4-5,7-8,11-13,15-16H2,1H3,(H,25,29). The maximum atomic E-state index is 12.7. The van der Waals surface area contributed by atoms with Gasteiger partial charge in [0.15, 0.2) is 5.82 Å². The van der Waals surface area contributed by atoms with Crippen LogP contribution < -0.4 is 5.32 Å². The molecular weight excluding hydrogens is 380 g/mol. The first-order valence-electron chi connectivity index (χ1n) is 10.8. The highest BCUT2D eigenvalue weighted by Crippen LogP contribution is 2.24. The van der Waals surface area contributed by atoms with Crippen molar-refractivity contribution in [1.82, 2.24) is 29.7 Å². The maximum absolute atomic E-state index is 12.7.